The van der Waals surface area contributed by atoms with Crippen molar-refractivity contribution in [1.82, 2.24) is 29.6 Å². The molecule has 1 atom stereocenters. The van der Waals surface area contributed by atoms with Gasteiger partial charge in [-0.15, -0.1) is 11.3 Å². The van der Waals surface area contributed by atoms with E-state index in [0.717, 1.165) is 34.2 Å². The van der Waals surface area contributed by atoms with E-state index in [1.807, 2.05) is 31.1 Å². The van der Waals surface area contributed by atoms with Gasteiger partial charge < -0.3 is 10.2 Å². The molecule has 4 rings (SSSR count). The fourth-order valence-corrected chi connectivity index (χ4v) is 3.98. The maximum absolute atomic E-state index is 12.8. The molecule has 1 amide bonds. The fraction of sp³-hybridized carbons (Fsp3) is 0.316. The van der Waals surface area contributed by atoms with E-state index in [4.69, 9.17) is 0 Å². The van der Waals surface area contributed by atoms with E-state index in [2.05, 4.69) is 25.4 Å². The molecule has 1 saturated heterocycles. The number of carbonyl (C=O) groups is 1. The maximum Gasteiger partial charge on any atom is 0.247 e. The first-order valence-corrected chi connectivity index (χ1v) is 9.90. The number of thiazole rings is 1. The van der Waals surface area contributed by atoms with Gasteiger partial charge in [0.15, 0.2) is 10.9 Å². The van der Waals surface area contributed by atoms with Crippen molar-refractivity contribution in [2.75, 3.05) is 11.9 Å². The molecule has 1 aliphatic heterocycles. The van der Waals surface area contributed by atoms with E-state index in [-0.39, 0.29) is 11.9 Å². The molecule has 144 valence electrons. The first-order chi connectivity index (χ1) is 13.6. The quantitative estimate of drug-likeness (QED) is 0.668. The van der Waals surface area contributed by atoms with E-state index in [0.29, 0.717) is 12.4 Å². The highest BCUT2D eigenvalue weighted by Gasteiger charge is 2.32. The molecule has 8 nitrogen and oxygen atoms in total. The van der Waals surface area contributed by atoms with Crippen LogP contribution in [-0.4, -0.2) is 42.1 Å². The standard InChI is InChI=1S/C19H21N7OS/c1-13-12-22-19(28-13)24-18-17(20-9-10-21-18)15-4-3-11-26(15)16(27)6-5-14-7-8-23-25(14)2/h5-10,12,15H,3-4,11H2,1-2H3,(H,21,22,24)/b6-5+/t15-/m0/s1. The number of nitrogens with zero attached hydrogens (tertiary/aromatic N) is 6. The smallest absolute Gasteiger partial charge is 0.247 e. The van der Waals surface area contributed by atoms with Crippen molar-refractivity contribution < 1.29 is 4.79 Å². The summed E-state index contributed by atoms with van der Waals surface area (Å²) in [6.07, 6.45) is 12.0. The Hall–Kier alpha value is -3.07. The Morgan fingerprint density at radius 1 is 1.29 bits per heavy atom. The average molecular weight is 395 g/mol. The van der Waals surface area contributed by atoms with Crippen LogP contribution in [0.15, 0.2) is 36.9 Å². The van der Waals surface area contributed by atoms with Crippen LogP contribution < -0.4 is 5.32 Å². The van der Waals surface area contributed by atoms with Gasteiger partial charge >= 0.3 is 0 Å². The van der Waals surface area contributed by atoms with Gasteiger partial charge in [0.05, 0.1) is 11.7 Å². The first kappa shape index (κ1) is 18.3. The molecule has 0 unspecified atom stereocenters. The van der Waals surface area contributed by atoms with Crippen molar-refractivity contribution >= 4 is 34.3 Å². The maximum atomic E-state index is 12.8. The number of carbonyl (C=O) groups excluding carboxylic acids is 1. The molecule has 1 aliphatic rings. The zero-order valence-corrected chi connectivity index (χ0v) is 16.6. The molecular weight excluding hydrogens is 374 g/mol. The van der Waals surface area contributed by atoms with E-state index >= 15 is 0 Å². The molecule has 28 heavy (non-hydrogen) atoms. The van der Waals surface area contributed by atoms with Crippen LogP contribution in [0.25, 0.3) is 6.08 Å². The number of likely N-dealkylation sites (tertiary alicyclic amines) is 1. The largest absolute Gasteiger partial charge is 0.330 e. The third-order valence-electron chi connectivity index (χ3n) is 4.68. The Kier molecular flexibility index (Phi) is 5.16. The second-order valence-corrected chi connectivity index (χ2v) is 7.83. The Morgan fingerprint density at radius 3 is 2.89 bits per heavy atom. The van der Waals surface area contributed by atoms with E-state index in [1.165, 1.54) is 0 Å². The molecule has 0 spiro atoms. The molecule has 1 N–H and O–H groups in total. The lowest BCUT2D eigenvalue weighted by Crippen LogP contribution is -2.30. The van der Waals surface area contributed by atoms with Crippen LogP contribution in [0.5, 0.6) is 0 Å². The third kappa shape index (κ3) is 3.79. The van der Waals surface area contributed by atoms with Crippen molar-refractivity contribution in [1.29, 1.82) is 0 Å². The van der Waals surface area contributed by atoms with Gasteiger partial charge in [0, 0.05) is 49.3 Å². The third-order valence-corrected chi connectivity index (χ3v) is 5.51. The number of aryl methyl sites for hydroxylation is 2. The molecule has 4 heterocycles. The van der Waals surface area contributed by atoms with Gasteiger partial charge in [-0.1, -0.05) is 0 Å². The van der Waals surface area contributed by atoms with Gasteiger partial charge in [-0.2, -0.15) is 5.10 Å². The van der Waals surface area contributed by atoms with Crippen LogP contribution in [-0.2, 0) is 11.8 Å². The number of hydrogen-bond acceptors (Lipinski definition) is 7. The number of anilines is 2. The Morgan fingerprint density at radius 2 is 2.14 bits per heavy atom. The Balaban J connectivity index is 1.56. The summed E-state index contributed by atoms with van der Waals surface area (Å²) in [7, 11) is 1.85. The minimum Gasteiger partial charge on any atom is -0.330 e. The van der Waals surface area contributed by atoms with Crippen LogP contribution in [0.1, 0.15) is 35.1 Å². The topological polar surface area (TPSA) is 88.8 Å². The fourth-order valence-electron chi connectivity index (χ4n) is 3.32. The normalized spacial score (nSPS) is 16.8. The molecule has 0 bridgehead atoms. The summed E-state index contributed by atoms with van der Waals surface area (Å²) >= 11 is 1.56. The summed E-state index contributed by atoms with van der Waals surface area (Å²) < 4.78 is 1.73. The van der Waals surface area contributed by atoms with Crippen molar-refractivity contribution in [3.63, 3.8) is 0 Å². The molecule has 9 heteroatoms. The summed E-state index contributed by atoms with van der Waals surface area (Å²) in [6.45, 7) is 2.71. The predicted octanol–water partition coefficient (Wildman–Crippen LogP) is 3.10. The number of rotatable bonds is 5. The molecule has 0 aromatic carbocycles. The zero-order chi connectivity index (χ0) is 19.5. The van der Waals surface area contributed by atoms with E-state index in [1.54, 1.807) is 46.8 Å². The average Bonchev–Trinajstić information content (AvgIpc) is 3.42. The Bertz CT molecular complexity index is 1010. The molecule has 3 aromatic rings. The minimum atomic E-state index is -0.110. The van der Waals surface area contributed by atoms with Crippen molar-refractivity contribution in [2.24, 2.45) is 7.05 Å². The van der Waals surface area contributed by atoms with Crippen LogP contribution in [0.2, 0.25) is 0 Å². The predicted molar refractivity (Wildman–Crippen MR) is 108 cm³/mol. The van der Waals surface area contributed by atoms with Crippen LogP contribution in [0.4, 0.5) is 10.9 Å². The van der Waals surface area contributed by atoms with Gasteiger partial charge in [0.25, 0.3) is 0 Å². The molecular formula is C19H21N7OS. The molecule has 3 aromatic heterocycles. The number of aromatic nitrogens is 5. The summed E-state index contributed by atoms with van der Waals surface area (Å²) in [5, 5.41) is 8.14. The SMILES string of the molecule is Cc1cnc(Nc2nccnc2[C@@H]2CCCN2C(=O)/C=C/c2ccnn2C)s1. The van der Waals surface area contributed by atoms with Crippen molar-refractivity contribution in [3.8, 4) is 0 Å². The van der Waals surface area contributed by atoms with Gasteiger partial charge in [0.1, 0.15) is 5.69 Å². The molecule has 0 radical (unpaired) electrons. The van der Waals surface area contributed by atoms with Crippen molar-refractivity contribution in [3.05, 3.63) is 53.2 Å². The van der Waals surface area contributed by atoms with Crippen LogP contribution in [0.3, 0.4) is 0 Å². The van der Waals surface area contributed by atoms with E-state index in [9.17, 15) is 4.79 Å². The molecule has 1 fully saturated rings. The highest BCUT2D eigenvalue weighted by molar-refractivity contribution is 7.15. The lowest BCUT2D eigenvalue weighted by atomic mass is 10.1. The summed E-state index contributed by atoms with van der Waals surface area (Å²) in [5.41, 5.74) is 1.65. The Labute approximate surface area is 167 Å². The van der Waals surface area contributed by atoms with Crippen LogP contribution >= 0.6 is 11.3 Å². The van der Waals surface area contributed by atoms with Crippen molar-refractivity contribution in [2.45, 2.75) is 25.8 Å². The second-order valence-electron chi connectivity index (χ2n) is 6.59. The summed E-state index contributed by atoms with van der Waals surface area (Å²) in [4.78, 5) is 29.1. The van der Waals surface area contributed by atoms with E-state index < -0.39 is 0 Å². The number of amides is 1. The lowest BCUT2D eigenvalue weighted by molar-refractivity contribution is -0.126. The van der Waals surface area contributed by atoms with Gasteiger partial charge in [-0.25, -0.2) is 9.97 Å². The highest BCUT2D eigenvalue weighted by Crippen LogP contribution is 2.35. The number of hydrogen-bond donors (Lipinski definition) is 1. The van der Waals surface area contributed by atoms with Crippen LogP contribution in [0, 0.1) is 6.92 Å². The number of nitrogens with one attached hydrogen (secondary N) is 1. The van der Waals surface area contributed by atoms with Gasteiger partial charge in [0.2, 0.25) is 5.91 Å². The molecule has 0 saturated carbocycles. The highest BCUT2D eigenvalue weighted by atomic mass is 32.1. The summed E-state index contributed by atoms with van der Waals surface area (Å²) in [5.74, 6) is 0.613. The van der Waals surface area contributed by atoms with Gasteiger partial charge in [-0.05, 0) is 31.9 Å². The monoisotopic (exact) mass is 395 g/mol. The summed E-state index contributed by atoms with van der Waals surface area (Å²) in [6, 6.07) is 1.76. The lowest BCUT2D eigenvalue weighted by Gasteiger charge is -2.24. The minimum absolute atomic E-state index is 0.0367. The zero-order valence-electron chi connectivity index (χ0n) is 15.7. The second kappa shape index (κ2) is 7.89. The molecule has 0 aliphatic carbocycles. The van der Waals surface area contributed by atoms with Gasteiger partial charge in [-0.3, -0.25) is 14.5 Å². The first-order valence-electron chi connectivity index (χ1n) is 9.09.